The Morgan fingerprint density at radius 2 is 1.16 bits per heavy atom. The van der Waals surface area contributed by atoms with E-state index in [1.165, 1.54) is 34.8 Å². The number of thiophene rings is 2. The number of carbonyl (C=O) groups excluding carboxylic acids is 4. The molecule has 0 fully saturated rings. The minimum atomic E-state index is -0.566. The molecule has 0 saturated carbocycles. The maximum atomic E-state index is 12.5. The molecule has 6 nitrogen and oxygen atoms in total. The van der Waals surface area contributed by atoms with E-state index in [4.69, 9.17) is 0 Å². The third-order valence-electron chi connectivity index (χ3n) is 3.50. The molecule has 4 amide bonds. The van der Waals surface area contributed by atoms with Gasteiger partial charge in [-0.25, -0.2) is 0 Å². The summed E-state index contributed by atoms with van der Waals surface area (Å²) in [4.78, 5) is 50.6. The molecule has 0 N–H and O–H groups in total. The summed E-state index contributed by atoms with van der Waals surface area (Å²) in [5, 5.41) is 3.60. The lowest BCUT2D eigenvalue weighted by Gasteiger charge is -2.19. The predicted octanol–water partition coefficient (Wildman–Crippen LogP) is 2.58. The highest BCUT2D eigenvalue weighted by atomic mass is 32.2. The molecule has 0 aromatic carbocycles. The quantitative estimate of drug-likeness (QED) is 0.594. The van der Waals surface area contributed by atoms with Crippen LogP contribution in [0.4, 0.5) is 0 Å². The van der Waals surface area contributed by atoms with Gasteiger partial charge in [0.15, 0.2) is 0 Å². The van der Waals surface area contributed by atoms with E-state index >= 15 is 0 Å². The topological polar surface area (TPSA) is 74.8 Å². The largest absolute Gasteiger partial charge is 0.273 e. The van der Waals surface area contributed by atoms with E-state index in [0.717, 1.165) is 8.61 Å². The molecule has 4 rings (SSSR count). The third kappa shape index (κ3) is 2.66. The van der Waals surface area contributed by atoms with E-state index in [1.54, 1.807) is 35.0 Å². The molecule has 0 spiro atoms. The molecule has 2 aromatic rings. The number of hydrogen-bond acceptors (Lipinski definition) is 7. The van der Waals surface area contributed by atoms with Crippen molar-refractivity contribution in [1.82, 2.24) is 8.61 Å². The van der Waals surface area contributed by atoms with Gasteiger partial charge in [0.2, 0.25) is 0 Å². The zero-order chi connectivity index (χ0) is 17.6. The Balaban J connectivity index is 1.54. The van der Waals surface area contributed by atoms with Crippen molar-refractivity contribution in [2.45, 2.75) is 0 Å². The number of hydrogen-bond donors (Lipinski definition) is 0. The van der Waals surface area contributed by atoms with Crippen LogP contribution < -0.4 is 0 Å². The Hall–Kier alpha value is -2.49. The molecule has 0 unspecified atom stereocenters. The van der Waals surface area contributed by atoms with E-state index in [-0.39, 0.29) is 11.1 Å². The van der Waals surface area contributed by atoms with Gasteiger partial charge in [0.1, 0.15) is 0 Å². The first-order chi connectivity index (χ1) is 12.1. The van der Waals surface area contributed by atoms with E-state index in [9.17, 15) is 19.2 Å². The second kappa shape index (κ2) is 6.10. The summed E-state index contributed by atoms with van der Waals surface area (Å²) in [6, 6.07) is 7.02. The van der Waals surface area contributed by atoms with Crippen LogP contribution in [-0.2, 0) is 19.2 Å². The summed E-state index contributed by atoms with van der Waals surface area (Å²) in [6.45, 7) is 0. The van der Waals surface area contributed by atoms with Crippen LogP contribution in [0.1, 0.15) is 9.75 Å². The van der Waals surface area contributed by atoms with Crippen LogP contribution in [0, 0.1) is 0 Å². The molecule has 0 radical (unpaired) electrons. The first-order valence-electron chi connectivity index (χ1n) is 7.02. The minimum absolute atomic E-state index is 0.262. The molecule has 2 aliphatic rings. The number of carbonyl (C=O) groups is 4. The molecule has 4 heterocycles. The van der Waals surface area contributed by atoms with E-state index in [1.807, 2.05) is 0 Å². The second-order valence-corrected chi connectivity index (χ2v) is 7.82. The average molecular weight is 388 g/mol. The summed E-state index contributed by atoms with van der Waals surface area (Å²) < 4.78 is 1.66. The first-order valence-corrected chi connectivity index (χ1v) is 9.51. The predicted molar refractivity (Wildman–Crippen MR) is 95.9 cm³/mol. The smallest absolute Gasteiger partial charge is 0.268 e. The van der Waals surface area contributed by atoms with Gasteiger partial charge >= 0.3 is 0 Å². The fraction of sp³-hybridized carbons (Fsp3) is 0. The summed E-state index contributed by atoms with van der Waals surface area (Å²) in [5.74, 6) is -2.21. The van der Waals surface area contributed by atoms with Crippen molar-refractivity contribution in [3.63, 3.8) is 0 Å². The van der Waals surface area contributed by atoms with Gasteiger partial charge in [0, 0.05) is 21.9 Å². The van der Waals surface area contributed by atoms with Crippen LogP contribution in [0.5, 0.6) is 0 Å². The highest BCUT2D eigenvalue weighted by Gasteiger charge is 2.40. The maximum Gasteiger partial charge on any atom is 0.273 e. The zero-order valence-corrected chi connectivity index (χ0v) is 14.8. The van der Waals surface area contributed by atoms with Gasteiger partial charge < -0.3 is 0 Å². The summed E-state index contributed by atoms with van der Waals surface area (Å²) >= 11 is 3.20. The molecule has 2 aliphatic heterocycles. The molecule has 2 aromatic heterocycles. The van der Waals surface area contributed by atoms with Gasteiger partial charge in [-0.15, -0.1) is 22.7 Å². The molecule has 25 heavy (non-hydrogen) atoms. The Labute approximate surface area is 154 Å². The van der Waals surface area contributed by atoms with Crippen LogP contribution >= 0.6 is 34.8 Å². The minimum Gasteiger partial charge on any atom is -0.268 e. The highest BCUT2D eigenvalue weighted by molar-refractivity contribution is 7.97. The van der Waals surface area contributed by atoms with Crippen LogP contribution in [0.25, 0.3) is 11.1 Å². The van der Waals surface area contributed by atoms with Crippen LogP contribution in [0.2, 0.25) is 0 Å². The molecule has 0 saturated heterocycles. The maximum absolute atomic E-state index is 12.5. The van der Waals surface area contributed by atoms with Gasteiger partial charge in [-0.1, -0.05) is 12.1 Å². The van der Waals surface area contributed by atoms with Crippen LogP contribution in [-0.4, -0.2) is 32.2 Å². The third-order valence-corrected chi connectivity index (χ3v) is 6.33. The number of nitrogens with zero attached hydrogens (tertiary/aromatic N) is 2. The number of rotatable bonds is 4. The fourth-order valence-corrected chi connectivity index (χ4v) is 4.60. The lowest BCUT2D eigenvalue weighted by Crippen LogP contribution is -2.33. The van der Waals surface area contributed by atoms with E-state index in [2.05, 4.69) is 0 Å². The molecular formula is C16H8N2O4S3. The van der Waals surface area contributed by atoms with Crippen molar-refractivity contribution in [3.8, 4) is 0 Å². The first kappa shape index (κ1) is 16.0. The lowest BCUT2D eigenvalue weighted by atomic mass is 10.2. The average Bonchev–Trinajstić information content (AvgIpc) is 3.35. The molecular weight excluding hydrogens is 380 g/mol. The van der Waals surface area contributed by atoms with Gasteiger partial charge in [-0.05, 0) is 22.9 Å². The van der Waals surface area contributed by atoms with E-state index in [0.29, 0.717) is 21.9 Å². The van der Waals surface area contributed by atoms with E-state index < -0.39 is 23.6 Å². The van der Waals surface area contributed by atoms with Gasteiger partial charge in [-0.3, -0.25) is 19.2 Å². The highest BCUT2D eigenvalue weighted by Crippen LogP contribution is 2.36. The summed E-state index contributed by atoms with van der Waals surface area (Å²) in [7, 11) is 0. The van der Waals surface area contributed by atoms with Crippen LogP contribution in [0.3, 0.4) is 0 Å². The molecule has 0 atom stereocenters. The second-order valence-electron chi connectivity index (χ2n) is 5.03. The zero-order valence-electron chi connectivity index (χ0n) is 12.4. The molecule has 0 bridgehead atoms. The SMILES string of the molecule is O=C1C=C(c2cccs2)C(=O)N1SN1C(=O)C=C(c2cccs2)C1=O. The van der Waals surface area contributed by atoms with Crippen molar-refractivity contribution in [2.75, 3.05) is 0 Å². The molecule has 9 heteroatoms. The van der Waals surface area contributed by atoms with Crippen LogP contribution in [0.15, 0.2) is 47.2 Å². The van der Waals surface area contributed by atoms with Gasteiger partial charge in [0.05, 0.1) is 23.3 Å². The van der Waals surface area contributed by atoms with Crippen molar-refractivity contribution in [1.29, 1.82) is 0 Å². The molecule has 0 aliphatic carbocycles. The number of imide groups is 2. The van der Waals surface area contributed by atoms with Gasteiger partial charge in [-0.2, -0.15) is 8.61 Å². The Morgan fingerprint density at radius 1 is 0.720 bits per heavy atom. The van der Waals surface area contributed by atoms with Crippen molar-refractivity contribution in [2.24, 2.45) is 0 Å². The van der Waals surface area contributed by atoms with Crippen molar-refractivity contribution >= 4 is 69.6 Å². The number of amides is 4. The molecule has 124 valence electrons. The summed E-state index contributed by atoms with van der Waals surface area (Å²) in [5.41, 5.74) is 0.524. The van der Waals surface area contributed by atoms with Crippen molar-refractivity contribution < 1.29 is 19.2 Å². The fourth-order valence-electron chi connectivity index (χ4n) is 2.36. The normalized spacial score (nSPS) is 17.6. The lowest BCUT2D eigenvalue weighted by molar-refractivity contribution is -0.130. The summed E-state index contributed by atoms with van der Waals surface area (Å²) in [6.07, 6.45) is 2.44. The standard InChI is InChI=1S/C16H8N2O4S3/c19-13-7-9(11-3-1-5-23-11)15(21)17(13)25-18-14(20)8-10(16(18)22)12-4-2-6-24-12/h1-8H. The van der Waals surface area contributed by atoms with Gasteiger partial charge in [0.25, 0.3) is 23.6 Å². The monoisotopic (exact) mass is 388 g/mol. The Morgan fingerprint density at radius 3 is 1.52 bits per heavy atom. The Kier molecular flexibility index (Phi) is 3.91. The van der Waals surface area contributed by atoms with Crippen molar-refractivity contribution in [3.05, 3.63) is 56.9 Å². The Bertz CT molecular complexity index is 879.